The molecule has 2 rings (SSSR count). The number of rotatable bonds is 2. The smallest absolute Gasteiger partial charge is 0.249 e. The summed E-state index contributed by atoms with van der Waals surface area (Å²) < 4.78 is 26.6. The third-order valence-corrected chi connectivity index (χ3v) is 3.48. The molecule has 20 heavy (non-hydrogen) atoms. The van der Waals surface area contributed by atoms with E-state index in [0.29, 0.717) is 13.0 Å². The SMILES string of the molecule is CCC(=O)N1CCN(c2ccc(F)cc2F)C(=O)C1C. The average Bonchev–Trinajstić information content (AvgIpc) is 2.42. The van der Waals surface area contributed by atoms with Crippen molar-refractivity contribution >= 4 is 17.5 Å². The van der Waals surface area contributed by atoms with Gasteiger partial charge < -0.3 is 9.80 Å². The summed E-state index contributed by atoms with van der Waals surface area (Å²) in [5.41, 5.74) is 0.0480. The van der Waals surface area contributed by atoms with Crippen LogP contribution < -0.4 is 4.90 Å². The lowest BCUT2D eigenvalue weighted by atomic mass is 10.1. The van der Waals surface area contributed by atoms with Crippen LogP contribution in [0.4, 0.5) is 14.5 Å². The Bertz CT molecular complexity index is 548. The molecule has 1 fully saturated rings. The van der Waals surface area contributed by atoms with E-state index in [4.69, 9.17) is 0 Å². The van der Waals surface area contributed by atoms with Crippen LogP contribution in [0.1, 0.15) is 20.3 Å². The summed E-state index contributed by atoms with van der Waals surface area (Å²) in [4.78, 5) is 26.7. The maximum atomic E-state index is 13.7. The van der Waals surface area contributed by atoms with Gasteiger partial charge in [-0.2, -0.15) is 0 Å². The third-order valence-electron chi connectivity index (χ3n) is 3.48. The molecule has 1 saturated heterocycles. The summed E-state index contributed by atoms with van der Waals surface area (Å²) in [6.45, 7) is 3.89. The number of piperazine rings is 1. The number of anilines is 1. The number of hydrogen-bond donors (Lipinski definition) is 0. The fourth-order valence-electron chi connectivity index (χ4n) is 2.35. The highest BCUT2D eigenvalue weighted by Gasteiger charge is 2.35. The number of nitrogens with zero attached hydrogens (tertiary/aromatic N) is 2. The number of hydrogen-bond acceptors (Lipinski definition) is 2. The zero-order chi connectivity index (χ0) is 14.9. The number of carbonyl (C=O) groups excluding carboxylic acids is 2. The minimum Gasteiger partial charge on any atom is -0.329 e. The van der Waals surface area contributed by atoms with Gasteiger partial charge in [-0.05, 0) is 19.1 Å². The van der Waals surface area contributed by atoms with Crippen molar-refractivity contribution < 1.29 is 18.4 Å². The summed E-state index contributed by atoms with van der Waals surface area (Å²) in [5.74, 6) is -1.93. The molecular weight excluding hydrogens is 266 g/mol. The zero-order valence-corrected chi connectivity index (χ0v) is 11.4. The van der Waals surface area contributed by atoms with Crippen molar-refractivity contribution in [2.45, 2.75) is 26.3 Å². The van der Waals surface area contributed by atoms with Gasteiger partial charge in [0.2, 0.25) is 11.8 Å². The molecule has 1 aromatic rings. The van der Waals surface area contributed by atoms with E-state index in [0.717, 1.165) is 12.1 Å². The first-order valence-electron chi connectivity index (χ1n) is 6.51. The molecule has 1 heterocycles. The Morgan fingerprint density at radius 3 is 2.65 bits per heavy atom. The first-order valence-corrected chi connectivity index (χ1v) is 6.51. The van der Waals surface area contributed by atoms with Crippen LogP contribution >= 0.6 is 0 Å². The number of amides is 2. The maximum Gasteiger partial charge on any atom is 0.249 e. The highest BCUT2D eigenvalue weighted by Crippen LogP contribution is 2.24. The molecule has 0 N–H and O–H groups in total. The molecule has 1 aliphatic rings. The average molecular weight is 282 g/mol. The van der Waals surface area contributed by atoms with Gasteiger partial charge in [-0.1, -0.05) is 6.92 Å². The zero-order valence-electron chi connectivity index (χ0n) is 11.4. The summed E-state index contributed by atoms with van der Waals surface area (Å²) in [6, 6.07) is 2.46. The quantitative estimate of drug-likeness (QED) is 0.831. The lowest BCUT2D eigenvalue weighted by molar-refractivity contribution is -0.140. The van der Waals surface area contributed by atoms with Crippen molar-refractivity contribution in [2.24, 2.45) is 0 Å². The molecule has 108 valence electrons. The van der Waals surface area contributed by atoms with Gasteiger partial charge in [0, 0.05) is 25.6 Å². The van der Waals surface area contributed by atoms with E-state index in [-0.39, 0.29) is 24.0 Å². The van der Waals surface area contributed by atoms with Gasteiger partial charge in [-0.25, -0.2) is 8.78 Å². The van der Waals surface area contributed by atoms with Crippen molar-refractivity contribution in [2.75, 3.05) is 18.0 Å². The van der Waals surface area contributed by atoms with Crippen molar-refractivity contribution in [3.05, 3.63) is 29.8 Å². The van der Waals surface area contributed by atoms with Crippen molar-refractivity contribution in [1.29, 1.82) is 0 Å². The van der Waals surface area contributed by atoms with Gasteiger partial charge in [0.05, 0.1) is 5.69 Å². The Labute approximate surface area is 116 Å². The van der Waals surface area contributed by atoms with Crippen LogP contribution in [0.2, 0.25) is 0 Å². The van der Waals surface area contributed by atoms with E-state index in [1.54, 1.807) is 13.8 Å². The molecule has 0 aliphatic carbocycles. The van der Waals surface area contributed by atoms with Gasteiger partial charge in [0.15, 0.2) is 0 Å². The molecule has 0 radical (unpaired) electrons. The molecule has 0 spiro atoms. The minimum absolute atomic E-state index is 0.0480. The molecule has 4 nitrogen and oxygen atoms in total. The summed E-state index contributed by atoms with van der Waals surface area (Å²) in [6.07, 6.45) is 0.322. The Hall–Kier alpha value is -1.98. The monoisotopic (exact) mass is 282 g/mol. The van der Waals surface area contributed by atoms with E-state index in [2.05, 4.69) is 0 Å². The summed E-state index contributed by atoms with van der Waals surface area (Å²) in [5, 5.41) is 0. The Balaban J connectivity index is 2.24. The van der Waals surface area contributed by atoms with E-state index >= 15 is 0 Å². The van der Waals surface area contributed by atoms with E-state index in [1.807, 2.05) is 0 Å². The molecule has 1 aliphatic heterocycles. The van der Waals surface area contributed by atoms with Crippen LogP contribution in [0, 0.1) is 11.6 Å². The molecule has 2 amide bonds. The summed E-state index contributed by atoms with van der Waals surface area (Å²) >= 11 is 0. The van der Waals surface area contributed by atoms with Crippen molar-refractivity contribution in [3.8, 4) is 0 Å². The molecule has 6 heteroatoms. The third kappa shape index (κ3) is 2.50. The first-order chi connectivity index (χ1) is 9.45. The normalized spacial score (nSPS) is 19.4. The second-order valence-corrected chi connectivity index (χ2v) is 4.70. The van der Waals surface area contributed by atoms with Crippen molar-refractivity contribution in [3.63, 3.8) is 0 Å². The van der Waals surface area contributed by atoms with Gasteiger partial charge in [-0.3, -0.25) is 9.59 Å². The van der Waals surface area contributed by atoms with Crippen LogP contribution in [0.25, 0.3) is 0 Å². The number of carbonyl (C=O) groups is 2. The Morgan fingerprint density at radius 2 is 2.05 bits per heavy atom. The lowest BCUT2D eigenvalue weighted by Crippen LogP contribution is -2.57. The predicted octanol–water partition coefficient (Wildman–Crippen LogP) is 1.94. The predicted molar refractivity (Wildman–Crippen MR) is 70.2 cm³/mol. The molecular formula is C14H16F2N2O2. The fraction of sp³-hybridized carbons (Fsp3) is 0.429. The topological polar surface area (TPSA) is 40.6 Å². The lowest BCUT2D eigenvalue weighted by Gasteiger charge is -2.39. The minimum atomic E-state index is -0.777. The van der Waals surface area contributed by atoms with Crippen LogP contribution in [-0.4, -0.2) is 35.8 Å². The first kappa shape index (κ1) is 14.4. The van der Waals surface area contributed by atoms with Gasteiger partial charge in [0.25, 0.3) is 0 Å². The van der Waals surface area contributed by atoms with Crippen LogP contribution in [0.15, 0.2) is 18.2 Å². The molecule has 1 unspecified atom stereocenters. The highest BCUT2D eigenvalue weighted by molar-refractivity contribution is 6.00. The van der Waals surface area contributed by atoms with Gasteiger partial charge in [0.1, 0.15) is 17.7 Å². The van der Waals surface area contributed by atoms with Crippen LogP contribution in [0.3, 0.4) is 0 Å². The Morgan fingerprint density at radius 1 is 1.35 bits per heavy atom. The van der Waals surface area contributed by atoms with Gasteiger partial charge in [-0.15, -0.1) is 0 Å². The van der Waals surface area contributed by atoms with Crippen LogP contribution in [0.5, 0.6) is 0 Å². The molecule has 0 aromatic heterocycles. The maximum absolute atomic E-state index is 13.7. The van der Waals surface area contributed by atoms with E-state index < -0.39 is 17.7 Å². The molecule has 0 bridgehead atoms. The highest BCUT2D eigenvalue weighted by atomic mass is 19.1. The van der Waals surface area contributed by atoms with E-state index in [1.165, 1.54) is 15.9 Å². The molecule has 1 aromatic carbocycles. The number of halogens is 2. The molecule has 1 atom stereocenters. The van der Waals surface area contributed by atoms with E-state index in [9.17, 15) is 18.4 Å². The second-order valence-electron chi connectivity index (χ2n) is 4.70. The van der Waals surface area contributed by atoms with Crippen LogP contribution in [-0.2, 0) is 9.59 Å². The molecule has 0 saturated carbocycles. The largest absolute Gasteiger partial charge is 0.329 e. The standard InChI is InChI=1S/C14H16F2N2O2/c1-3-13(19)17-6-7-18(14(20)9(17)2)12-5-4-10(15)8-11(12)16/h4-5,8-9H,3,6-7H2,1-2H3. The summed E-state index contributed by atoms with van der Waals surface area (Å²) in [7, 11) is 0. The second kappa shape index (κ2) is 5.56. The van der Waals surface area contributed by atoms with Gasteiger partial charge >= 0.3 is 0 Å². The Kier molecular flexibility index (Phi) is 4.01. The fourth-order valence-corrected chi connectivity index (χ4v) is 2.35. The van der Waals surface area contributed by atoms with Crippen molar-refractivity contribution in [1.82, 2.24) is 4.90 Å². The number of benzene rings is 1.